The predicted octanol–water partition coefficient (Wildman–Crippen LogP) is 1.77. The molecule has 8 heteroatoms. The zero-order valence-corrected chi connectivity index (χ0v) is 19.5. The number of nitrogens with one attached hydrogen (secondary N) is 1. The molecule has 3 aliphatic rings. The number of nitrogens with zero attached hydrogens (tertiary/aromatic N) is 3. The summed E-state index contributed by atoms with van der Waals surface area (Å²) in [6, 6.07) is 13.3. The van der Waals surface area contributed by atoms with Crippen LogP contribution in [0, 0.1) is 0 Å². The molecule has 0 saturated carbocycles. The average molecular weight is 463 g/mol. The molecule has 3 heterocycles. The Balaban J connectivity index is 1.21. The van der Waals surface area contributed by atoms with Crippen LogP contribution in [-0.4, -0.2) is 71.7 Å². The second kappa shape index (κ2) is 9.56. The Morgan fingerprint density at radius 2 is 1.71 bits per heavy atom. The average Bonchev–Trinajstić information content (AvgIpc) is 3.17. The van der Waals surface area contributed by atoms with Crippen LogP contribution < -0.4 is 10.1 Å². The number of likely N-dealkylation sites (N-methyl/N-ethyl adjacent to an activating group) is 1. The van der Waals surface area contributed by atoms with Crippen LogP contribution in [0.1, 0.15) is 39.9 Å². The van der Waals surface area contributed by atoms with Crippen molar-refractivity contribution in [1.82, 2.24) is 20.0 Å². The van der Waals surface area contributed by atoms with Crippen molar-refractivity contribution in [3.8, 4) is 5.75 Å². The maximum absolute atomic E-state index is 13.0. The molecule has 1 N–H and O–H groups in total. The lowest BCUT2D eigenvalue weighted by atomic mass is 10.0. The molecule has 3 amide bonds. The van der Waals surface area contributed by atoms with Crippen LogP contribution in [0.2, 0.25) is 0 Å². The number of ether oxygens (including phenoxy) is 1. The summed E-state index contributed by atoms with van der Waals surface area (Å²) in [5.74, 6) is -0.231. The third-order valence-corrected chi connectivity index (χ3v) is 6.96. The number of benzene rings is 2. The minimum atomic E-state index is -0.627. The van der Waals surface area contributed by atoms with Gasteiger partial charge < -0.3 is 14.5 Å². The van der Waals surface area contributed by atoms with E-state index in [4.69, 9.17) is 4.74 Å². The van der Waals surface area contributed by atoms with E-state index in [2.05, 4.69) is 46.4 Å². The number of hydrogen-bond acceptors (Lipinski definition) is 6. The Kier molecular flexibility index (Phi) is 6.34. The van der Waals surface area contributed by atoms with Crippen molar-refractivity contribution in [3.05, 3.63) is 64.7 Å². The van der Waals surface area contributed by atoms with Gasteiger partial charge >= 0.3 is 0 Å². The molecule has 8 nitrogen and oxygen atoms in total. The number of piperidine rings is 1. The fourth-order valence-corrected chi connectivity index (χ4v) is 4.86. The zero-order valence-electron chi connectivity index (χ0n) is 19.5. The molecule has 178 valence electrons. The van der Waals surface area contributed by atoms with Crippen molar-refractivity contribution >= 4 is 17.7 Å². The Morgan fingerprint density at radius 1 is 0.971 bits per heavy atom. The SMILES string of the molecule is CN1CCN(Cc2ccc(COc3cccc4c3CN(C3CCC(=O)NC3=O)C4=O)cc2)CC1. The van der Waals surface area contributed by atoms with Crippen LogP contribution in [0.15, 0.2) is 42.5 Å². The van der Waals surface area contributed by atoms with Gasteiger partial charge in [0.15, 0.2) is 0 Å². The first-order valence-corrected chi connectivity index (χ1v) is 11.9. The predicted molar refractivity (Wildman–Crippen MR) is 126 cm³/mol. The second-order valence-electron chi connectivity index (χ2n) is 9.37. The van der Waals surface area contributed by atoms with Crippen LogP contribution in [0.5, 0.6) is 5.75 Å². The van der Waals surface area contributed by atoms with Crippen LogP contribution in [-0.2, 0) is 29.3 Å². The summed E-state index contributed by atoms with van der Waals surface area (Å²) < 4.78 is 6.11. The summed E-state index contributed by atoms with van der Waals surface area (Å²) in [5, 5.41) is 2.34. The van der Waals surface area contributed by atoms with Gasteiger partial charge in [-0.25, -0.2) is 0 Å². The lowest BCUT2D eigenvalue weighted by Crippen LogP contribution is -2.52. The number of imide groups is 1. The van der Waals surface area contributed by atoms with Crippen LogP contribution in [0.4, 0.5) is 0 Å². The number of carbonyl (C=O) groups excluding carboxylic acids is 3. The summed E-state index contributed by atoms with van der Waals surface area (Å²) in [7, 11) is 2.16. The zero-order chi connectivity index (χ0) is 23.7. The van der Waals surface area contributed by atoms with Crippen LogP contribution >= 0.6 is 0 Å². The van der Waals surface area contributed by atoms with E-state index in [0.29, 0.717) is 30.9 Å². The molecule has 0 bridgehead atoms. The number of rotatable bonds is 6. The first-order chi connectivity index (χ1) is 16.5. The van der Waals surface area contributed by atoms with Gasteiger partial charge in [-0.3, -0.25) is 24.6 Å². The van der Waals surface area contributed by atoms with E-state index >= 15 is 0 Å². The van der Waals surface area contributed by atoms with E-state index in [1.54, 1.807) is 17.0 Å². The highest BCUT2D eigenvalue weighted by molar-refractivity contribution is 6.05. The normalized spacial score (nSPS) is 21.5. The van der Waals surface area contributed by atoms with E-state index in [1.807, 2.05) is 6.07 Å². The van der Waals surface area contributed by atoms with Crippen LogP contribution in [0.3, 0.4) is 0 Å². The van der Waals surface area contributed by atoms with Gasteiger partial charge in [0.2, 0.25) is 11.8 Å². The smallest absolute Gasteiger partial charge is 0.255 e. The molecule has 0 aliphatic carbocycles. The third kappa shape index (κ3) is 4.69. The first kappa shape index (κ1) is 22.6. The lowest BCUT2D eigenvalue weighted by molar-refractivity contribution is -0.136. The second-order valence-corrected chi connectivity index (χ2v) is 9.37. The summed E-state index contributed by atoms with van der Waals surface area (Å²) in [6.45, 7) is 6.07. The largest absolute Gasteiger partial charge is 0.489 e. The fourth-order valence-electron chi connectivity index (χ4n) is 4.86. The Morgan fingerprint density at radius 3 is 2.44 bits per heavy atom. The number of piperazine rings is 1. The summed E-state index contributed by atoms with van der Waals surface area (Å²) in [4.78, 5) is 43.1. The van der Waals surface area contributed by atoms with Gasteiger partial charge in [-0.2, -0.15) is 0 Å². The van der Waals surface area contributed by atoms with Gasteiger partial charge in [-0.1, -0.05) is 30.3 Å². The van der Waals surface area contributed by atoms with Gasteiger partial charge in [-0.15, -0.1) is 0 Å². The van der Waals surface area contributed by atoms with Crippen LogP contribution in [0.25, 0.3) is 0 Å². The monoisotopic (exact) mass is 462 g/mol. The van der Waals surface area contributed by atoms with Crippen molar-refractivity contribution in [2.45, 2.75) is 38.6 Å². The fraction of sp³-hybridized carbons (Fsp3) is 0.423. The molecule has 0 spiro atoms. The van der Waals surface area contributed by atoms with Gasteiger partial charge in [0, 0.05) is 50.3 Å². The number of carbonyl (C=O) groups is 3. The summed E-state index contributed by atoms with van der Waals surface area (Å²) in [6.07, 6.45) is 0.589. The molecule has 34 heavy (non-hydrogen) atoms. The highest BCUT2D eigenvalue weighted by atomic mass is 16.5. The summed E-state index contributed by atoms with van der Waals surface area (Å²) >= 11 is 0. The van der Waals surface area contributed by atoms with Gasteiger partial charge in [0.05, 0.1) is 6.54 Å². The Labute approximate surface area is 199 Å². The summed E-state index contributed by atoms with van der Waals surface area (Å²) in [5.41, 5.74) is 3.71. The molecular formula is C26H30N4O4. The highest BCUT2D eigenvalue weighted by Crippen LogP contribution is 2.34. The quantitative estimate of drug-likeness (QED) is 0.659. The van der Waals surface area contributed by atoms with Crippen molar-refractivity contribution in [2.75, 3.05) is 33.2 Å². The minimum Gasteiger partial charge on any atom is -0.489 e. The molecule has 1 atom stereocenters. The molecule has 1 unspecified atom stereocenters. The van der Waals surface area contributed by atoms with Crippen molar-refractivity contribution in [1.29, 1.82) is 0 Å². The van der Waals surface area contributed by atoms with E-state index in [-0.39, 0.29) is 18.2 Å². The van der Waals surface area contributed by atoms with E-state index in [0.717, 1.165) is 43.9 Å². The third-order valence-electron chi connectivity index (χ3n) is 6.96. The standard InChI is InChI=1S/C26H30N4O4/c1-28-11-13-29(14-12-28)15-18-5-7-19(8-6-18)17-34-23-4-2-3-20-21(23)16-30(26(20)33)22-9-10-24(31)27-25(22)32/h2-8,22H,9-17H2,1H3,(H,27,31,32). The number of hydrogen-bond donors (Lipinski definition) is 1. The van der Waals surface area contributed by atoms with Gasteiger partial charge in [0.1, 0.15) is 18.4 Å². The molecular weight excluding hydrogens is 432 g/mol. The number of fused-ring (bicyclic) bond motifs is 1. The Hall–Kier alpha value is -3.23. The van der Waals surface area contributed by atoms with Gasteiger partial charge in [0.25, 0.3) is 5.91 Å². The highest BCUT2D eigenvalue weighted by Gasteiger charge is 2.40. The van der Waals surface area contributed by atoms with Crippen molar-refractivity contribution < 1.29 is 19.1 Å². The van der Waals surface area contributed by atoms with Crippen molar-refractivity contribution in [2.24, 2.45) is 0 Å². The van der Waals surface area contributed by atoms with Crippen molar-refractivity contribution in [3.63, 3.8) is 0 Å². The maximum atomic E-state index is 13.0. The lowest BCUT2D eigenvalue weighted by Gasteiger charge is -2.32. The minimum absolute atomic E-state index is 0.191. The van der Waals surface area contributed by atoms with E-state index in [9.17, 15) is 14.4 Å². The first-order valence-electron chi connectivity index (χ1n) is 11.9. The molecule has 2 saturated heterocycles. The molecule has 2 aromatic rings. The molecule has 5 rings (SSSR count). The number of amides is 3. The molecule has 2 fully saturated rings. The van der Waals surface area contributed by atoms with E-state index in [1.165, 1.54) is 5.56 Å². The maximum Gasteiger partial charge on any atom is 0.255 e. The topological polar surface area (TPSA) is 82.2 Å². The van der Waals surface area contributed by atoms with Gasteiger partial charge in [-0.05, 0) is 36.7 Å². The molecule has 3 aliphatic heterocycles. The molecule has 0 radical (unpaired) electrons. The molecule has 2 aromatic carbocycles. The Bertz CT molecular complexity index is 1090. The molecule has 0 aromatic heterocycles. The van der Waals surface area contributed by atoms with E-state index < -0.39 is 11.9 Å².